The number of unbranched alkanes of at least 4 members (excludes halogenated alkanes) is 10. The smallest absolute Gasteiger partial charge is 0.335 e. The van der Waals surface area contributed by atoms with E-state index < -0.39 is 5.97 Å². The second kappa shape index (κ2) is 18.1. The minimum absolute atomic E-state index is 0.211. The van der Waals surface area contributed by atoms with Crippen LogP contribution in [0.25, 0.3) is 0 Å². The topological polar surface area (TPSA) is 85.2 Å². The molecule has 37 heavy (non-hydrogen) atoms. The lowest BCUT2D eigenvalue weighted by Gasteiger charge is -2.14. The maximum atomic E-state index is 11.8. The fourth-order valence-corrected chi connectivity index (χ4v) is 4.00. The monoisotopic (exact) mass is 509 g/mol. The molecule has 0 atom stereocenters. The van der Waals surface area contributed by atoms with Crippen LogP contribution in [0.1, 0.15) is 117 Å². The first kappa shape index (κ1) is 30.1. The number of carbonyl (C=O) groups is 2. The molecule has 0 heterocycles. The molecule has 0 unspecified atom stereocenters. The number of aromatic carboxylic acids is 1. The molecule has 0 aromatic heterocycles. The van der Waals surface area contributed by atoms with Crippen LogP contribution in [0.15, 0.2) is 41.4 Å². The Labute approximate surface area is 222 Å². The van der Waals surface area contributed by atoms with Gasteiger partial charge in [-0.15, -0.1) is 0 Å². The van der Waals surface area contributed by atoms with Crippen molar-refractivity contribution in [2.75, 3.05) is 13.2 Å². The summed E-state index contributed by atoms with van der Waals surface area (Å²) >= 11 is 0. The molecule has 1 N–H and O–H groups in total. The fraction of sp³-hybridized carbons (Fsp3) is 0.516. The van der Waals surface area contributed by atoms with Crippen LogP contribution in [0.5, 0.6) is 11.5 Å². The number of nitrogens with zero attached hydrogens (tertiary/aromatic N) is 1. The van der Waals surface area contributed by atoms with E-state index in [0.717, 1.165) is 37.5 Å². The number of carbonyl (C=O) groups excluding carboxylic acids is 1. The summed E-state index contributed by atoms with van der Waals surface area (Å²) < 4.78 is 12.1. The first-order valence-corrected chi connectivity index (χ1v) is 13.8. The zero-order valence-corrected chi connectivity index (χ0v) is 22.5. The van der Waals surface area contributed by atoms with Crippen molar-refractivity contribution in [2.24, 2.45) is 4.99 Å². The van der Waals surface area contributed by atoms with Crippen molar-refractivity contribution in [2.45, 2.75) is 90.9 Å². The number of ether oxygens (including phenoxy) is 2. The Morgan fingerprint density at radius 3 is 1.76 bits per heavy atom. The molecule has 0 aliphatic heterocycles. The lowest BCUT2D eigenvalue weighted by molar-refractivity contribution is 0.0696. The van der Waals surface area contributed by atoms with E-state index in [4.69, 9.17) is 14.6 Å². The summed E-state index contributed by atoms with van der Waals surface area (Å²) in [6.07, 6.45) is 16.4. The third-order valence-electron chi connectivity index (χ3n) is 6.25. The van der Waals surface area contributed by atoms with Crippen LogP contribution in [0, 0.1) is 0 Å². The van der Waals surface area contributed by atoms with Gasteiger partial charge >= 0.3 is 5.97 Å². The van der Waals surface area contributed by atoms with Crippen LogP contribution >= 0.6 is 0 Å². The molecule has 0 bridgehead atoms. The Balaban J connectivity index is 2.11. The zero-order chi connectivity index (χ0) is 26.7. The highest BCUT2D eigenvalue weighted by molar-refractivity contribution is 5.91. The second-order valence-corrected chi connectivity index (χ2v) is 9.39. The molecular weight excluding hydrogens is 466 g/mol. The lowest BCUT2D eigenvalue weighted by atomic mass is 10.1. The molecule has 0 saturated carbocycles. The van der Waals surface area contributed by atoms with Crippen LogP contribution in [0.4, 0.5) is 5.69 Å². The van der Waals surface area contributed by atoms with Gasteiger partial charge in [-0.2, -0.15) is 0 Å². The summed E-state index contributed by atoms with van der Waals surface area (Å²) in [6.45, 7) is 5.53. The van der Waals surface area contributed by atoms with Crippen molar-refractivity contribution in [1.29, 1.82) is 0 Å². The van der Waals surface area contributed by atoms with Gasteiger partial charge in [0.2, 0.25) is 0 Å². The quantitative estimate of drug-likeness (QED) is 0.110. The minimum atomic E-state index is -0.975. The largest absolute Gasteiger partial charge is 0.493 e. The number of aliphatic imine (C=N–C) groups is 1. The van der Waals surface area contributed by atoms with Crippen molar-refractivity contribution < 1.29 is 24.2 Å². The molecule has 0 aliphatic carbocycles. The molecule has 6 heteroatoms. The molecule has 6 nitrogen and oxygen atoms in total. The van der Waals surface area contributed by atoms with Crippen LogP contribution in [-0.4, -0.2) is 36.8 Å². The first-order chi connectivity index (χ1) is 18.1. The summed E-state index contributed by atoms with van der Waals surface area (Å²) in [5, 5.41) is 9.11. The lowest BCUT2D eigenvalue weighted by Crippen LogP contribution is -2.05. The van der Waals surface area contributed by atoms with Crippen molar-refractivity contribution in [3.8, 4) is 11.5 Å². The molecule has 0 amide bonds. The molecular formula is C31H43NO5. The summed E-state index contributed by atoms with van der Waals surface area (Å²) in [5.74, 6) is 0.143. The Bertz CT molecular complexity index is 968. The van der Waals surface area contributed by atoms with E-state index in [9.17, 15) is 9.59 Å². The number of rotatable bonds is 20. The minimum Gasteiger partial charge on any atom is -0.493 e. The standard InChI is InChI=1S/C31H43NO5/c1-3-5-7-9-11-13-19-36-29-22-27(24-33)30(37-20-14-12-10-8-6-4-2)21-26(29)23-32-28-17-15-25(16-18-28)31(34)35/h15-18,21-24H,3-14,19-20H2,1-2H3,(H,34,35). The molecule has 2 aromatic carbocycles. The number of aldehydes is 1. The zero-order valence-electron chi connectivity index (χ0n) is 22.5. The van der Waals surface area contributed by atoms with Gasteiger partial charge in [-0.3, -0.25) is 9.79 Å². The number of hydrogen-bond donors (Lipinski definition) is 1. The number of benzene rings is 2. The van der Waals surface area contributed by atoms with E-state index >= 15 is 0 Å². The second-order valence-electron chi connectivity index (χ2n) is 9.39. The summed E-state index contributed by atoms with van der Waals surface area (Å²) in [7, 11) is 0. The number of hydrogen-bond acceptors (Lipinski definition) is 5. The summed E-state index contributed by atoms with van der Waals surface area (Å²) in [6, 6.07) is 9.91. The third kappa shape index (κ3) is 11.6. The molecule has 0 radical (unpaired) electrons. The molecule has 202 valence electrons. The van der Waals surface area contributed by atoms with Gasteiger partial charge in [-0.25, -0.2) is 4.79 Å². The Morgan fingerprint density at radius 1 is 0.757 bits per heavy atom. The van der Waals surface area contributed by atoms with E-state index in [-0.39, 0.29) is 5.56 Å². The fourth-order valence-electron chi connectivity index (χ4n) is 4.00. The van der Waals surface area contributed by atoms with Crippen molar-refractivity contribution in [3.05, 3.63) is 53.1 Å². The highest BCUT2D eigenvalue weighted by Gasteiger charge is 2.12. The van der Waals surface area contributed by atoms with Gasteiger partial charge in [0.25, 0.3) is 0 Å². The first-order valence-electron chi connectivity index (χ1n) is 13.8. The summed E-state index contributed by atoms with van der Waals surface area (Å²) in [5.41, 5.74) is 2.02. The number of carboxylic acid groups (broad SMARTS) is 1. The average molecular weight is 510 g/mol. The van der Waals surface area contributed by atoms with Gasteiger partial charge in [0.05, 0.1) is 30.0 Å². The van der Waals surface area contributed by atoms with Crippen molar-refractivity contribution in [3.63, 3.8) is 0 Å². The summed E-state index contributed by atoms with van der Waals surface area (Å²) in [4.78, 5) is 27.4. The SMILES string of the molecule is CCCCCCCCOc1cc(C=Nc2ccc(C(=O)O)cc2)c(OCCCCCCCC)cc1C=O. The maximum absolute atomic E-state index is 11.8. The normalized spacial score (nSPS) is 11.1. The van der Waals surface area contributed by atoms with E-state index in [1.807, 2.05) is 6.07 Å². The van der Waals surface area contributed by atoms with Crippen LogP contribution < -0.4 is 9.47 Å². The van der Waals surface area contributed by atoms with Crippen LogP contribution in [-0.2, 0) is 0 Å². The highest BCUT2D eigenvalue weighted by atomic mass is 16.5. The van der Waals surface area contributed by atoms with Crippen molar-refractivity contribution >= 4 is 24.2 Å². The Kier molecular flexibility index (Phi) is 14.8. The molecule has 0 saturated heterocycles. The van der Waals surface area contributed by atoms with E-state index in [0.29, 0.717) is 36.0 Å². The van der Waals surface area contributed by atoms with E-state index in [1.54, 1.807) is 24.4 Å². The van der Waals surface area contributed by atoms with Gasteiger partial charge in [0.1, 0.15) is 11.5 Å². The van der Waals surface area contributed by atoms with Crippen LogP contribution in [0.2, 0.25) is 0 Å². The van der Waals surface area contributed by atoms with Gasteiger partial charge in [-0.1, -0.05) is 78.1 Å². The van der Waals surface area contributed by atoms with Gasteiger partial charge < -0.3 is 14.6 Å². The van der Waals surface area contributed by atoms with E-state index in [1.165, 1.54) is 63.5 Å². The van der Waals surface area contributed by atoms with E-state index in [2.05, 4.69) is 18.8 Å². The van der Waals surface area contributed by atoms with Gasteiger partial charge in [0.15, 0.2) is 6.29 Å². The maximum Gasteiger partial charge on any atom is 0.335 e. The molecule has 0 aliphatic rings. The Hall–Kier alpha value is -3.15. The predicted molar refractivity (Wildman–Crippen MR) is 150 cm³/mol. The molecule has 2 rings (SSSR count). The van der Waals surface area contributed by atoms with Crippen LogP contribution in [0.3, 0.4) is 0 Å². The molecule has 0 spiro atoms. The number of carboxylic acids is 1. The molecule has 2 aromatic rings. The predicted octanol–water partition coefficient (Wildman–Crippen LogP) is 8.43. The third-order valence-corrected chi connectivity index (χ3v) is 6.25. The average Bonchev–Trinajstić information content (AvgIpc) is 2.91. The van der Waals surface area contributed by atoms with Gasteiger partial charge in [0, 0.05) is 11.8 Å². The Morgan fingerprint density at radius 2 is 1.24 bits per heavy atom. The highest BCUT2D eigenvalue weighted by Crippen LogP contribution is 2.29. The molecule has 0 fully saturated rings. The van der Waals surface area contributed by atoms with Gasteiger partial charge in [-0.05, 0) is 49.2 Å². The van der Waals surface area contributed by atoms with Crippen molar-refractivity contribution in [1.82, 2.24) is 0 Å².